The van der Waals surface area contributed by atoms with Crippen LogP contribution in [0.3, 0.4) is 0 Å². The van der Waals surface area contributed by atoms with Crippen LogP contribution in [0.15, 0.2) is 55.1 Å². The van der Waals surface area contributed by atoms with E-state index in [2.05, 4.69) is 15.4 Å². The quantitative estimate of drug-likeness (QED) is 0.717. The third kappa shape index (κ3) is 4.73. The number of nitrogens with zero attached hydrogens (tertiary/aromatic N) is 3. The van der Waals surface area contributed by atoms with Gasteiger partial charge in [0.1, 0.15) is 12.7 Å². The van der Waals surface area contributed by atoms with E-state index in [9.17, 15) is 13.2 Å². The summed E-state index contributed by atoms with van der Waals surface area (Å²) in [6.07, 6.45) is -1.32. The minimum atomic E-state index is -4.41. The van der Waals surface area contributed by atoms with Crippen molar-refractivity contribution < 1.29 is 13.2 Å². The van der Waals surface area contributed by atoms with Gasteiger partial charge in [0.15, 0.2) is 0 Å². The third-order valence-corrected chi connectivity index (χ3v) is 3.76. The summed E-state index contributed by atoms with van der Waals surface area (Å²) in [5.41, 5.74) is 1.56. The first-order valence-electron chi connectivity index (χ1n) is 7.42. The molecule has 4 nitrogen and oxygen atoms in total. The van der Waals surface area contributed by atoms with E-state index in [1.54, 1.807) is 11.0 Å². The first-order chi connectivity index (χ1) is 11.9. The van der Waals surface area contributed by atoms with E-state index in [1.165, 1.54) is 12.4 Å². The van der Waals surface area contributed by atoms with Gasteiger partial charge >= 0.3 is 6.18 Å². The lowest BCUT2D eigenvalue weighted by Crippen LogP contribution is -2.07. The van der Waals surface area contributed by atoms with Crippen molar-refractivity contribution in [3.63, 3.8) is 0 Å². The van der Waals surface area contributed by atoms with Crippen LogP contribution in [-0.4, -0.2) is 14.8 Å². The summed E-state index contributed by atoms with van der Waals surface area (Å²) < 4.78 is 40.2. The molecule has 0 saturated heterocycles. The van der Waals surface area contributed by atoms with Crippen LogP contribution in [0.4, 0.5) is 18.9 Å². The topological polar surface area (TPSA) is 42.7 Å². The van der Waals surface area contributed by atoms with E-state index in [4.69, 9.17) is 11.6 Å². The highest BCUT2D eigenvalue weighted by molar-refractivity contribution is 6.30. The van der Waals surface area contributed by atoms with Gasteiger partial charge in [-0.1, -0.05) is 23.7 Å². The molecule has 0 aliphatic heterocycles. The SMILES string of the molecule is FC(F)(F)c1cc(Cl)cc(CNc2ccc(Cn3cncn3)cc2)c1. The predicted octanol–water partition coefficient (Wildman–Crippen LogP) is 4.61. The fourth-order valence-corrected chi connectivity index (χ4v) is 2.61. The van der Waals surface area contributed by atoms with Gasteiger partial charge in [0.25, 0.3) is 0 Å². The lowest BCUT2D eigenvalue weighted by molar-refractivity contribution is -0.137. The molecule has 1 N–H and O–H groups in total. The second-order valence-electron chi connectivity index (χ2n) is 5.49. The Bertz CT molecular complexity index is 830. The maximum absolute atomic E-state index is 12.8. The Morgan fingerprint density at radius 1 is 1.04 bits per heavy atom. The smallest absolute Gasteiger partial charge is 0.381 e. The molecule has 0 aliphatic carbocycles. The number of hydrogen-bond donors (Lipinski definition) is 1. The van der Waals surface area contributed by atoms with Crippen LogP contribution in [-0.2, 0) is 19.3 Å². The van der Waals surface area contributed by atoms with Crippen molar-refractivity contribution in [2.75, 3.05) is 5.32 Å². The molecule has 1 heterocycles. The van der Waals surface area contributed by atoms with Crippen LogP contribution in [0, 0.1) is 0 Å². The summed E-state index contributed by atoms with van der Waals surface area (Å²) >= 11 is 5.79. The van der Waals surface area contributed by atoms with Crippen molar-refractivity contribution in [3.8, 4) is 0 Å². The van der Waals surface area contributed by atoms with Crippen LogP contribution < -0.4 is 5.32 Å². The predicted molar refractivity (Wildman–Crippen MR) is 89.3 cm³/mol. The fraction of sp³-hybridized carbons (Fsp3) is 0.176. The van der Waals surface area contributed by atoms with Gasteiger partial charge in [-0.2, -0.15) is 18.3 Å². The van der Waals surface area contributed by atoms with Crippen molar-refractivity contribution >= 4 is 17.3 Å². The Labute approximate surface area is 147 Å². The van der Waals surface area contributed by atoms with E-state index in [1.807, 2.05) is 24.3 Å². The Kier molecular flexibility index (Phi) is 4.94. The molecule has 3 aromatic rings. The first kappa shape index (κ1) is 17.3. The van der Waals surface area contributed by atoms with Crippen molar-refractivity contribution in [3.05, 3.63) is 76.8 Å². The normalized spacial score (nSPS) is 11.5. The molecule has 0 bridgehead atoms. The highest BCUT2D eigenvalue weighted by Crippen LogP contribution is 2.32. The van der Waals surface area contributed by atoms with Gasteiger partial charge in [0.05, 0.1) is 12.1 Å². The van der Waals surface area contributed by atoms with E-state index < -0.39 is 11.7 Å². The highest BCUT2D eigenvalue weighted by Gasteiger charge is 2.31. The average molecular weight is 367 g/mol. The number of benzene rings is 2. The van der Waals surface area contributed by atoms with E-state index in [0.717, 1.165) is 23.4 Å². The molecule has 2 aromatic carbocycles. The van der Waals surface area contributed by atoms with Gasteiger partial charge in [-0.05, 0) is 41.5 Å². The molecule has 3 rings (SSSR count). The molecule has 130 valence electrons. The molecule has 0 amide bonds. The molecule has 1 aromatic heterocycles. The van der Waals surface area contributed by atoms with Crippen LogP contribution >= 0.6 is 11.6 Å². The molecule has 0 atom stereocenters. The summed E-state index contributed by atoms with van der Waals surface area (Å²) in [5.74, 6) is 0. The summed E-state index contributed by atoms with van der Waals surface area (Å²) in [4.78, 5) is 3.88. The second kappa shape index (κ2) is 7.14. The number of aromatic nitrogens is 3. The van der Waals surface area contributed by atoms with E-state index in [-0.39, 0.29) is 11.6 Å². The molecule has 0 aliphatic rings. The largest absolute Gasteiger partial charge is 0.416 e. The van der Waals surface area contributed by atoms with Gasteiger partial charge in [-0.25, -0.2) is 9.67 Å². The monoisotopic (exact) mass is 366 g/mol. The van der Waals surface area contributed by atoms with E-state index in [0.29, 0.717) is 12.1 Å². The van der Waals surface area contributed by atoms with Gasteiger partial charge in [0.2, 0.25) is 0 Å². The van der Waals surface area contributed by atoms with Crippen LogP contribution in [0.2, 0.25) is 5.02 Å². The lowest BCUT2D eigenvalue weighted by atomic mass is 10.1. The van der Waals surface area contributed by atoms with Crippen LogP contribution in [0.1, 0.15) is 16.7 Å². The van der Waals surface area contributed by atoms with Crippen molar-refractivity contribution in [2.45, 2.75) is 19.3 Å². The molecule has 25 heavy (non-hydrogen) atoms. The van der Waals surface area contributed by atoms with Crippen molar-refractivity contribution in [1.82, 2.24) is 14.8 Å². The third-order valence-electron chi connectivity index (χ3n) is 3.55. The van der Waals surface area contributed by atoms with Gasteiger partial charge in [0, 0.05) is 17.3 Å². The summed E-state index contributed by atoms with van der Waals surface area (Å²) in [5, 5.41) is 7.19. The second-order valence-corrected chi connectivity index (χ2v) is 5.93. The maximum Gasteiger partial charge on any atom is 0.416 e. The molecule has 0 saturated carbocycles. The first-order valence-corrected chi connectivity index (χ1v) is 7.80. The van der Waals surface area contributed by atoms with Crippen molar-refractivity contribution in [2.24, 2.45) is 0 Å². The average Bonchev–Trinajstić information content (AvgIpc) is 3.06. The number of halogens is 4. The molecular weight excluding hydrogens is 353 g/mol. The minimum absolute atomic E-state index is 0.0646. The zero-order chi connectivity index (χ0) is 17.9. The minimum Gasteiger partial charge on any atom is -0.381 e. The summed E-state index contributed by atoms with van der Waals surface area (Å²) in [7, 11) is 0. The molecular formula is C17H14ClF3N4. The molecule has 0 radical (unpaired) electrons. The Morgan fingerprint density at radius 3 is 2.44 bits per heavy atom. The molecule has 0 spiro atoms. The van der Waals surface area contributed by atoms with Gasteiger partial charge < -0.3 is 5.32 Å². The van der Waals surface area contributed by atoms with E-state index >= 15 is 0 Å². The molecule has 8 heteroatoms. The Morgan fingerprint density at radius 2 is 1.80 bits per heavy atom. The highest BCUT2D eigenvalue weighted by atomic mass is 35.5. The fourth-order valence-electron chi connectivity index (χ4n) is 2.35. The molecule has 0 unspecified atom stereocenters. The van der Waals surface area contributed by atoms with Crippen molar-refractivity contribution in [1.29, 1.82) is 0 Å². The number of alkyl halides is 3. The van der Waals surface area contributed by atoms with Crippen LogP contribution in [0.25, 0.3) is 0 Å². The summed E-state index contributed by atoms with van der Waals surface area (Å²) in [6.45, 7) is 0.843. The molecule has 0 fully saturated rings. The number of rotatable bonds is 5. The van der Waals surface area contributed by atoms with Gasteiger partial charge in [-0.15, -0.1) is 0 Å². The standard InChI is InChI=1S/C17H14ClF3N4/c18-15-6-13(5-14(7-15)17(19,20)21)8-23-16-3-1-12(2-4-16)9-25-11-22-10-24-25/h1-7,10-11,23H,8-9H2. The lowest BCUT2D eigenvalue weighted by Gasteiger charge is -2.12. The Balaban J connectivity index is 1.64. The Hall–Kier alpha value is -2.54. The van der Waals surface area contributed by atoms with Gasteiger partial charge in [-0.3, -0.25) is 0 Å². The van der Waals surface area contributed by atoms with Crippen LogP contribution in [0.5, 0.6) is 0 Å². The maximum atomic E-state index is 12.8. The number of hydrogen-bond acceptors (Lipinski definition) is 3. The number of nitrogens with one attached hydrogen (secondary N) is 1. The number of anilines is 1. The zero-order valence-corrected chi connectivity index (χ0v) is 13.7. The zero-order valence-electron chi connectivity index (χ0n) is 13.0. The summed E-state index contributed by atoms with van der Waals surface area (Å²) in [6, 6.07) is 11.1.